The van der Waals surface area contributed by atoms with Gasteiger partial charge in [0.15, 0.2) is 5.76 Å². The molecule has 1 aromatic carbocycles. The molecule has 122 valence electrons. The molecule has 2 aromatic heterocycles. The van der Waals surface area contributed by atoms with E-state index in [4.69, 9.17) is 4.42 Å². The highest BCUT2D eigenvalue weighted by molar-refractivity contribution is 5.91. The molecule has 0 bridgehead atoms. The number of hydrogen-bond donors (Lipinski definition) is 1. The summed E-state index contributed by atoms with van der Waals surface area (Å²) in [6.45, 7) is 0.430. The molecular formula is C17H14FN3O3. The van der Waals surface area contributed by atoms with Gasteiger partial charge in [0.05, 0.1) is 18.5 Å². The van der Waals surface area contributed by atoms with Crippen LogP contribution in [0.1, 0.15) is 10.6 Å². The van der Waals surface area contributed by atoms with Crippen LogP contribution < -0.4 is 10.9 Å². The third-order valence-corrected chi connectivity index (χ3v) is 3.36. The van der Waals surface area contributed by atoms with Gasteiger partial charge in [0.25, 0.3) is 11.5 Å². The molecule has 3 aromatic rings. The monoisotopic (exact) mass is 327 g/mol. The molecule has 0 aliphatic rings. The summed E-state index contributed by atoms with van der Waals surface area (Å²) in [5, 5.41) is 6.88. The normalized spacial score (nSPS) is 10.5. The molecule has 3 rings (SSSR count). The SMILES string of the molecule is O=C(NCCn1nc(-c2ccc(F)cc2)ccc1=O)c1ccco1. The highest BCUT2D eigenvalue weighted by Gasteiger charge is 2.08. The fourth-order valence-corrected chi connectivity index (χ4v) is 2.15. The minimum Gasteiger partial charge on any atom is -0.459 e. The third-order valence-electron chi connectivity index (χ3n) is 3.36. The van der Waals surface area contributed by atoms with Crippen molar-refractivity contribution in [2.24, 2.45) is 0 Å². The van der Waals surface area contributed by atoms with Gasteiger partial charge in [-0.1, -0.05) is 0 Å². The Morgan fingerprint density at radius 3 is 2.67 bits per heavy atom. The summed E-state index contributed by atoms with van der Waals surface area (Å²) in [4.78, 5) is 23.6. The Balaban J connectivity index is 1.69. The van der Waals surface area contributed by atoms with Crippen LogP contribution in [0.4, 0.5) is 4.39 Å². The fourth-order valence-electron chi connectivity index (χ4n) is 2.15. The standard InChI is InChI=1S/C17H14FN3O3/c18-13-5-3-12(4-6-13)14-7-8-16(22)21(20-14)10-9-19-17(23)15-2-1-11-24-15/h1-8,11H,9-10H2,(H,19,23). The predicted octanol–water partition coefficient (Wildman–Crippen LogP) is 2.07. The van der Waals surface area contributed by atoms with E-state index in [0.717, 1.165) is 0 Å². The van der Waals surface area contributed by atoms with Gasteiger partial charge in [-0.25, -0.2) is 9.07 Å². The fraction of sp³-hybridized carbons (Fsp3) is 0.118. The van der Waals surface area contributed by atoms with Crippen molar-refractivity contribution in [3.63, 3.8) is 0 Å². The first-order chi connectivity index (χ1) is 11.6. The van der Waals surface area contributed by atoms with Crippen molar-refractivity contribution in [1.82, 2.24) is 15.1 Å². The lowest BCUT2D eigenvalue weighted by molar-refractivity contribution is 0.0924. The molecule has 0 atom stereocenters. The Morgan fingerprint density at radius 1 is 1.17 bits per heavy atom. The van der Waals surface area contributed by atoms with E-state index in [1.165, 1.54) is 29.1 Å². The average molecular weight is 327 g/mol. The van der Waals surface area contributed by atoms with Gasteiger partial charge in [0, 0.05) is 18.2 Å². The Bertz CT molecular complexity index is 886. The molecule has 7 heteroatoms. The molecule has 0 radical (unpaired) electrons. The summed E-state index contributed by atoms with van der Waals surface area (Å²) in [7, 11) is 0. The minimum atomic E-state index is -0.359. The van der Waals surface area contributed by atoms with E-state index >= 15 is 0 Å². The number of halogens is 1. The first-order valence-electron chi connectivity index (χ1n) is 7.29. The molecule has 1 N–H and O–H groups in total. The zero-order valence-corrected chi connectivity index (χ0v) is 12.6. The summed E-state index contributed by atoms with van der Waals surface area (Å²) < 4.78 is 19.2. The average Bonchev–Trinajstić information content (AvgIpc) is 3.12. The molecule has 6 nitrogen and oxygen atoms in total. The number of rotatable bonds is 5. The van der Waals surface area contributed by atoms with Crippen molar-refractivity contribution >= 4 is 5.91 Å². The summed E-state index contributed by atoms with van der Waals surface area (Å²) in [6, 6.07) is 12.0. The van der Waals surface area contributed by atoms with Crippen LogP contribution in [0, 0.1) is 5.82 Å². The first-order valence-corrected chi connectivity index (χ1v) is 7.29. The first kappa shape index (κ1) is 15.7. The van der Waals surface area contributed by atoms with Crippen LogP contribution in [-0.2, 0) is 6.54 Å². The van der Waals surface area contributed by atoms with Crippen LogP contribution in [0.3, 0.4) is 0 Å². The Labute approximate surface area is 136 Å². The topological polar surface area (TPSA) is 77.1 Å². The molecule has 24 heavy (non-hydrogen) atoms. The van der Waals surface area contributed by atoms with Gasteiger partial charge in [-0.2, -0.15) is 5.10 Å². The van der Waals surface area contributed by atoms with E-state index < -0.39 is 0 Å². The molecule has 0 aliphatic carbocycles. The van der Waals surface area contributed by atoms with Crippen LogP contribution in [0.15, 0.2) is 64.0 Å². The number of nitrogens with zero attached hydrogens (tertiary/aromatic N) is 2. The van der Waals surface area contributed by atoms with Crippen molar-refractivity contribution in [1.29, 1.82) is 0 Å². The lowest BCUT2D eigenvalue weighted by atomic mass is 10.1. The number of nitrogens with one attached hydrogen (secondary N) is 1. The maximum absolute atomic E-state index is 13.0. The summed E-state index contributed by atoms with van der Waals surface area (Å²) in [5.41, 5.74) is 0.963. The number of amides is 1. The molecule has 0 fully saturated rings. The number of benzene rings is 1. The summed E-state index contributed by atoms with van der Waals surface area (Å²) in [5.74, 6) is -0.495. The summed E-state index contributed by atoms with van der Waals surface area (Å²) >= 11 is 0. The van der Waals surface area contributed by atoms with Crippen molar-refractivity contribution in [3.05, 3.63) is 76.7 Å². The highest BCUT2D eigenvalue weighted by atomic mass is 19.1. The van der Waals surface area contributed by atoms with Crippen molar-refractivity contribution in [2.45, 2.75) is 6.54 Å². The Hall–Kier alpha value is -3.22. The largest absolute Gasteiger partial charge is 0.459 e. The van der Waals surface area contributed by atoms with E-state index in [0.29, 0.717) is 11.3 Å². The van der Waals surface area contributed by atoms with Gasteiger partial charge >= 0.3 is 0 Å². The van der Waals surface area contributed by atoms with Crippen molar-refractivity contribution < 1.29 is 13.6 Å². The van der Waals surface area contributed by atoms with E-state index in [-0.39, 0.29) is 36.1 Å². The maximum atomic E-state index is 13.0. The van der Waals surface area contributed by atoms with E-state index in [1.54, 1.807) is 30.3 Å². The highest BCUT2D eigenvalue weighted by Crippen LogP contribution is 2.15. The minimum absolute atomic E-state index is 0.204. The quantitative estimate of drug-likeness (QED) is 0.778. The predicted molar refractivity (Wildman–Crippen MR) is 84.9 cm³/mol. The smallest absolute Gasteiger partial charge is 0.287 e. The van der Waals surface area contributed by atoms with E-state index in [2.05, 4.69) is 10.4 Å². The van der Waals surface area contributed by atoms with Crippen LogP contribution in [0.2, 0.25) is 0 Å². The van der Waals surface area contributed by atoms with Crippen LogP contribution in [0.25, 0.3) is 11.3 Å². The molecule has 0 spiro atoms. The molecule has 0 aliphatic heterocycles. The van der Waals surface area contributed by atoms with Crippen molar-refractivity contribution in [2.75, 3.05) is 6.54 Å². The lowest BCUT2D eigenvalue weighted by Gasteiger charge is -2.08. The molecule has 2 heterocycles. The van der Waals surface area contributed by atoms with Crippen LogP contribution >= 0.6 is 0 Å². The zero-order valence-electron chi connectivity index (χ0n) is 12.6. The molecule has 0 unspecified atom stereocenters. The second kappa shape index (κ2) is 6.91. The molecule has 1 amide bonds. The van der Waals surface area contributed by atoms with Crippen molar-refractivity contribution in [3.8, 4) is 11.3 Å². The molecular weight excluding hydrogens is 313 g/mol. The zero-order chi connectivity index (χ0) is 16.9. The van der Waals surface area contributed by atoms with Crippen LogP contribution in [0.5, 0.6) is 0 Å². The van der Waals surface area contributed by atoms with Gasteiger partial charge in [-0.15, -0.1) is 0 Å². The van der Waals surface area contributed by atoms with E-state index in [9.17, 15) is 14.0 Å². The molecule has 0 saturated heterocycles. The number of carbonyl (C=O) groups is 1. The molecule has 0 saturated carbocycles. The van der Waals surface area contributed by atoms with Gasteiger partial charge in [0.1, 0.15) is 5.82 Å². The third kappa shape index (κ3) is 3.57. The number of carbonyl (C=O) groups excluding carboxylic acids is 1. The second-order valence-corrected chi connectivity index (χ2v) is 5.02. The lowest BCUT2D eigenvalue weighted by Crippen LogP contribution is -2.31. The van der Waals surface area contributed by atoms with Crippen LogP contribution in [-0.4, -0.2) is 22.2 Å². The van der Waals surface area contributed by atoms with Gasteiger partial charge in [-0.05, 0) is 42.5 Å². The van der Waals surface area contributed by atoms with Gasteiger partial charge in [0.2, 0.25) is 0 Å². The maximum Gasteiger partial charge on any atom is 0.287 e. The Morgan fingerprint density at radius 2 is 1.96 bits per heavy atom. The Kier molecular flexibility index (Phi) is 4.51. The van der Waals surface area contributed by atoms with Gasteiger partial charge < -0.3 is 9.73 Å². The number of furan rings is 1. The second-order valence-electron chi connectivity index (χ2n) is 5.02. The number of hydrogen-bond acceptors (Lipinski definition) is 4. The number of aromatic nitrogens is 2. The van der Waals surface area contributed by atoms with Gasteiger partial charge in [-0.3, -0.25) is 9.59 Å². The summed E-state index contributed by atoms with van der Waals surface area (Å²) in [6.07, 6.45) is 1.41. The van der Waals surface area contributed by atoms with E-state index in [1.807, 2.05) is 0 Å².